The lowest BCUT2D eigenvalue weighted by Gasteiger charge is -2.30. The third kappa shape index (κ3) is 4.39. The Bertz CT molecular complexity index is 1530. The predicted octanol–water partition coefficient (Wildman–Crippen LogP) is 3.50. The number of ether oxygens (including phenoxy) is 2. The fraction of sp³-hybridized carbons (Fsp3) is 0.500. The molecule has 1 saturated heterocycles. The van der Waals surface area contributed by atoms with Gasteiger partial charge in [0, 0.05) is 25.8 Å². The van der Waals surface area contributed by atoms with Crippen molar-refractivity contribution in [3.05, 3.63) is 41.4 Å². The fourth-order valence-electron chi connectivity index (χ4n) is 5.89. The van der Waals surface area contributed by atoms with Gasteiger partial charge in [-0.3, -0.25) is 19.0 Å². The third-order valence-electron chi connectivity index (χ3n) is 7.85. The van der Waals surface area contributed by atoms with Crippen LogP contribution in [0, 0.1) is 6.92 Å². The molecule has 11 nitrogen and oxygen atoms in total. The quantitative estimate of drug-likeness (QED) is 0.426. The highest BCUT2D eigenvalue weighted by Gasteiger charge is 2.34. The number of hydrogen-bond acceptors (Lipinski definition) is 8. The minimum Gasteiger partial charge on any atom is -0.476 e. The first kappa shape index (κ1) is 25.6. The van der Waals surface area contributed by atoms with E-state index < -0.39 is 0 Å². The molecule has 0 unspecified atom stereocenters. The minimum atomic E-state index is -0.195. The zero-order valence-electron chi connectivity index (χ0n) is 23.2. The van der Waals surface area contributed by atoms with Crippen molar-refractivity contribution in [2.24, 2.45) is 7.05 Å². The number of nitrogens with zero attached hydrogens (tertiary/aromatic N) is 8. The van der Waals surface area contributed by atoms with Crippen LogP contribution in [0.5, 0.6) is 11.8 Å². The number of aryl methyl sites for hydroxylation is 2. The molecule has 6 heterocycles. The van der Waals surface area contributed by atoms with Crippen LogP contribution < -0.4 is 9.47 Å². The second-order valence-electron chi connectivity index (χ2n) is 10.5. The van der Waals surface area contributed by atoms with Gasteiger partial charge in [-0.15, -0.1) is 5.10 Å². The average molecular weight is 533 g/mol. The van der Waals surface area contributed by atoms with Gasteiger partial charge in [0.25, 0.3) is 0 Å². The summed E-state index contributed by atoms with van der Waals surface area (Å²) >= 11 is 0. The molecular weight excluding hydrogens is 496 g/mol. The molecule has 0 spiro atoms. The highest BCUT2D eigenvalue weighted by atomic mass is 16.5. The number of imidazole rings is 1. The van der Waals surface area contributed by atoms with E-state index in [1.807, 2.05) is 72.3 Å². The van der Waals surface area contributed by atoms with E-state index in [-0.39, 0.29) is 24.8 Å². The number of fused-ring (bicyclic) bond motifs is 5. The first-order valence-electron chi connectivity index (χ1n) is 13.7. The SMILES string of the molecule is CCOc1nn([C@@H](C)CO)c2c1/C=C/c1ncc3cnc(cn13)-c1c(C)nn(C)c1O[C@@H](C)[C@H]1CCCN1C2. The summed E-state index contributed by atoms with van der Waals surface area (Å²) in [6, 6.07) is 0.00301. The smallest absolute Gasteiger partial charge is 0.240 e. The Balaban J connectivity index is 1.57. The molecule has 1 N–H and O–H groups in total. The van der Waals surface area contributed by atoms with E-state index in [0.717, 1.165) is 58.9 Å². The summed E-state index contributed by atoms with van der Waals surface area (Å²) in [7, 11) is 1.92. The first-order valence-corrected chi connectivity index (χ1v) is 13.7. The van der Waals surface area contributed by atoms with Crippen molar-refractivity contribution < 1.29 is 14.6 Å². The van der Waals surface area contributed by atoms with E-state index in [2.05, 4.69) is 21.9 Å². The highest BCUT2D eigenvalue weighted by Crippen LogP contribution is 2.36. The van der Waals surface area contributed by atoms with Gasteiger partial charge in [0.15, 0.2) is 0 Å². The van der Waals surface area contributed by atoms with Crippen LogP contribution in [0.1, 0.15) is 62.4 Å². The van der Waals surface area contributed by atoms with Crippen molar-refractivity contribution in [3.63, 3.8) is 0 Å². The molecule has 39 heavy (non-hydrogen) atoms. The summed E-state index contributed by atoms with van der Waals surface area (Å²) < 4.78 is 18.5. The van der Waals surface area contributed by atoms with Gasteiger partial charge >= 0.3 is 0 Å². The Morgan fingerprint density at radius 3 is 2.82 bits per heavy atom. The van der Waals surface area contributed by atoms with Crippen LogP contribution in [0.3, 0.4) is 0 Å². The molecule has 2 bridgehead atoms. The zero-order valence-corrected chi connectivity index (χ0v) is 23.2. The van der Waals surface area contributed by atoms with E-state index >= 15 is 0 Å². The monoisotopic (exact) mass is 532 g/mol. The zero-order chi connectivity index (χ0) is 27.3. The fourth-order valence-corrected chi connectivity index (χ4v) is 5.89. The number of aliphatic hydroxyl groups is 1. The minimum absolute atomic E-state index is 0.0182. The van der Waals surface area contributed by atoms with Gasteiger partial charge in [-0.1, -0.05) is 0 Å². The Morgan fingerprint density at radius 1 is 1.21 bits per heavy atom. The molecule has 4 aromatic heterocycles. The maximum Gasteiger partial charge on any atom is 0.240 e. The Hall–Kier alpha value is -3.70. The number of aromatic nitrogens is 7. The number of aliphatic hydroxyl groups excluding tert-OH is 1. The maximum absolute atomic E-state index is 10.1. The molecular formula is C28H36N8O3. The van der Waals surface area contributed by atoms with Crippen LogP contribution >= 0.6 is 0 Å². The largest absolute Gasteiger partial charge is 0.476 e. The van der Waals surface area contributed by atoms with E-state index in [9.17, 15) is 5.11 Å². The summed E-state index contributed by atoms with van der Waals surface area (Å²) in [5.41, 5.74) is 5.33. The summed E-state index contributed by atoms with van der Waals surface area (Å²) in [6.07, 6.45) is 11.7. The molecule has 206 valence electrons. The maximum atomic E-state index is 10.1. The molecule has 4 aromatic rings. The first-order chi connectivity index (χ1) is 18.9. The van der Waals surface area contributed by atoms with E-state index in [0.29, 0.717) is 24.9 Å². The molecule has 0 radical (unpaired) electrons. The van der Waals surface area contributed by atoms with Crippen molar-refractivity contribution in [1.29, 1.82) is 0 Å². The molecule has 0 amide bonds. The van der Waals surface area contributed by atoms with Gasteiger partial charge in [0.05, 0.1) is 65.4 Å². The molecule has 2 aliphatic heterocycles. The van der Waals surface area contributed by atoms with Crippen molar-refractivity contribution >= 4 is 17.7 Å². The predicted molar refractivity (Wildman–Crippen MR) is 148 cm³/mol. The summed E-state index contributed by atoms with van der Waals surface area (Å²) in [5.74, 6) is 2.03. The second-order valence-corrected chi connectivity index (χ2v) is 10.5. The summed E-state index contributed by atoms with van der Waals surface area (Å²) in [5, 5.41) is 19.6. The summed E-state index contributed by atoms with van der Waals surface area (Å²) in [4.78, 5) is 11.9. The molecule has 0 aliphatic carbocycles. The Kier molecular flexibility index (Phi) is 6.64. The molecule has 0 aromatic carbocycles. The van der Waals surface area contributed by atoms with Crippen LogP contribution in [0.2, 0.25) is 0 Å². The van der Waals surface area contributed by atoms with E-state index in [4.69, 9.17) is 19.6 Å². The van der Waals surface area contributed by atoms with Gasteiger partial charge in [-0.2, -0.15) is 5.10 Å². The molecule has 11 heteroatoms. The molecule has 6 rings (SSSR count). The van der Waals surface area contributed by atoms with E-state index in [1.165, 1.54) is 0 Å². The molecule has 2 aliphatic rings. The van der Waals surface area contributed by atoms with Crippen molar-refractivity contribution in [2.75, 3.05) is 19.8 Å². The topological polar surface area (TPSA) is 108 Å². The standard InChI is InChI=1S/C28H36N8O3/c1-6-38-27-21-9-10-25-30-13-20-12-29-22(14-35(20)25)26-18(3)31-33(5)28(26)39-19(4)23-8-7-11-34(23)15-24(21)36(32-27)17(2)16-37/h9-10,12-14,17,19,23,37H,6-8,11,15-16H2,1-5H3/b10-9+/t17-,19-,23+/m0/s1. The Labute approximate surface area is 227 Å². The van der Waals surface area contributed by atoms with Crippen LogP contribution in [0.25, 0.3) is 28.9 Å². The van der Waals surface area contributed by atoms with Crippen molar-refractivity contribution in [3.8, 4) is 23.0 Å². The molecule has 3 atom stereocenters. The van der Waals surface area contributed by atoms with Crippen LogP contribution in [-0.2, 0) is 13.6 Å². The normalized spacial score (nSPS) is 21.1. The van der Waals surface area contributed by atoms with Gasteiger partial charge in [-0.05, 0) is 59.2 Å². The lowest BCUT2D eigenvalue weighted by atomic mass is 10.1. The second kappa shape index (κ2) is 10.1. The number of hydrogen-bond donors (Lipinski definition) is 1. The number of rotatable bonds is 4. The van der Waals surface area contributed by atoms with Crippen LogP contribution in [-0.4, -0.2) is 75.8 Å². The van der Waals surface area contributed by atoms with Gasteiger partial charge in [-0.25, -0.2) is 9.67 Å². The lowest BCUT2D eigenvalue weighted by molar-refractivity contribution is 0.0914. The van der Waals surface area contributed by atoms with Crippen molar-refractivity contribution in [1.82, 2.24) is 38.8 Å². The molecule has 1 fully saturated rings. The van der Waals surface area contributed by atoms with Gasteiger partial charge in [0.2, 0.25) is 11.8 Å². The van der Waals surface area contributed by atoms with Crippen LogP contribution in [0.4, 0.5) is 0 Å². The van der Waals surface area contributed by atoms with E-state index in [1.54, 1.807) is 0 Å². The highest BCUT2D eigenvalue weighted by molar-refractivity contribution is 5.73. The van der Waals surface area contributed by atoms with Crippen molar-refractivity contribution in [2.45, 2.75) is 65.3 Å². The van der Waals surface area contributed by atoms with Gasteiger partial charge in [0.1, 0.15) is 11.9 Å². The van der Waals surface area contributed by atoms with Gasteiger partial charge < -0.3 is 14.6 Å². The summed E-state index contributed by atoms with van der Waals surface area (Å²) in [6.45, 7) is 10.1. The molecule has 0 saturated carbocycles. The average Bonchev–Trinajstić information content (AvgIpc) is 3.68. The van der Waals surface area contributed by atoms with Crippen LogP contribution in [0.15, 0.2) is 18.6 Å². The Morgan fingerprint density at radius 2 is 2.03 bits per heavy atom. The lowest BCUT2D eigenvalue weighted by Crippen LogP contribution is -2.41. The third-order valence-corrected chi connectivity index (χ3v) is 7.85.